The van der Waals surface area contributed by atoms with E-state index in [4.69, 9.17) is 0 Å². The van der Waals surface area contributed by atoms with E-state index in [1.54, 1.807) is 0 Å². The van der Waals surface area contributed by atoms with Crippen molar-refractivity contribution in [3.63, 3.8) is 0 Å². The second-order valence-electron chi connectivity index (χ2n) is 6.87. The molecule has 0 heterocycles. The molecule has 0 spiro atoms. The van der Waals surface area contributed by atoms with E-state index in [1.807, 2.05) is 0 Å². The van der Waals surface area contributed by atoms with Gasteiger partial charge in [0.25, 0.3) is 0 Å². The van der Waals surface area contributed by atoms with Gasteiger partial charge in [-0.2, -0.15) is 0 Å². The molecule has 138 valence electrons. The van der Waals surface area contributed by atoms with Crippen LogP contribution < -0.4 is 15.9 Å². The normalized spacial score (nSPS) is 12.5. The zero-order valence-corrected chi connectivity index (χ0v) is 17.1. The molecule has 0 bridgehead atoms. The fourth-order valence-corrected chi connectivity index (χ4v) is 9.12. The lowest BCUT2D eigenvalue weighted by Crippen LogP contribution is -2.42. The Labute approximate surface area is 163 Å². The second kappa shape index (κ2) is 9.11. The molecule has 0 aromatic heterocycles. The van der Waals surface area contributed by atoms with E-state index >= 15 is 0 Å². The van der Waals surface area contributed by atoms with Crippen LogP contribution in [0.25, 0.3) is 0 Å². The van der Waals surface area contributed by atoms with E-state index < -0.39 is 7.26 Å². The first-order chi connectivity index (χ1) is 13.2. The van der Waals surface area contributed by atoms with E-state index in [-0.39, 0.29) is 5.66 Å². The number of ketones is 1. The minimum atomic E-state index is -2.10. The van der Waals surface area contributed by atoms with Crippen LogP contribution in [0.1, 0.15) is 33.1 Å². The second-order valence-corrected chi connectivity index (χ2v) is 10.5. The molecule has 0 fully saturated rings. The lowest BCUT2D eigenvalue weighted by atomic mass is 10.1. The molecule has 3 aromatic carbocycles. The summed E-state index contributed by atoms with van der Waals surface area (Å²) in [5.74, 6) is 0.393. The van der Waals surface area contributed by atoms with Crippen molar-refractivity contribution in [2.45, 2.75) is 38.8 Å². The molecule has 3 aromatic rings. The fraction of sp³-hybridized carbons (Fsp3) is 0.240. The smallest absolute Gasteiger partial charge is 0.174 e. The van der Waals surface area contributed by atoms with E-state index in [1.165, 1.54) is 15.9 Å². The summed E-state index contributed by atoms with van der Waals surface area (Å²) in [5, 5.41) is 3.87. The molecule has 27 heavy (non-hydrogen) atoms. The van der Waals surface area contributed by atoms with Crippen molar-refractivity contribution in [3.8, 4) is 0 Å². The number of carbonyl (C=O) groups excluding carboxylic acids is 1. The van der Waals surface area contributed by atoms with E-state index in [0.717, 1.165) is 12.8 Å². The molecule has 0 aliphatic rings. The van der Waals surface area contributed by atoms with Crippen LogP contribution >= 0.6 is 7.26 Å². The van der Waals surface area contributed by atoms with Gasteiger partial charge in [-0.3, -0.25) is 4.79 Å². The van der Waals surface area contributed by atoms with Crippen molar-refractivity contribution in [1.29, 1.82) is 0 Å². The molecule has 0 aliphatic carbocycles. The molecule has 0 unspecified atom stereocenters. The van der Waals surface area contributed by atoms with Crippen LogP contribution in [0.5, 0.6) is 0 Å². The number of hydrogen-bond acceptors (Lipinski definition) is 1. The van der Waals surface area contributed by atoms with Gasteiger partial charge in [0.1, 0.15) is 28.8 Å². The van der Waals surface area contributed by atoms with Gasteiger partial charge < -0.3 is 0 Å². The first-order valence-corrected chi connectivity index (χ1v) is 11.7. The summed E-state index contributed by atoms with van der Waals surface area (Å²) in [6.45, 7) is 4.26. The van der Waals surface area contributed by atoms with Crippen LogP contribution in [0.15, 0.2) is 91.0 Å². The largest absolute Gasteiger partial charge is 0.295 e. The van der Waals surface area contributed by atoms with Gasteiger partial charge in [-0.25, -0.2) is 0 Å². The molecule has 1 nitrogen and oxygen atoms in total. The van der Waals surface area contributed by atoms with Crippen molar-refractivity contribution in [2.24, 2.45) is 0 Å². The number of carbonyl (C=O) groups is 1. The van der Waals surface area contributed by atoms with Crippen molar-refractivity contribution < 1.29 is 4.79 Å². The van der Waals surface area contributed by atoms with Gasteiger partial charge in [0, 0.05) is 6.42 Å². The standard InChI is InChI=1S/C25H28OP/c1-3-14-24(26)25(4-2)27(21-15-8-5-9-16-21,22-17-10-6-11-18-22)23-19-12-7-13-20-23/h5-13,15-20,25H,3-4,14H2,1-2H3/q+1/t25-/m0/s1. The van der Waals surface area contributed by atoms with Crippen LogP contribution in [-0.2, 0) is 4.79 Å². The van der Waals surface area contributed by atoms with Crippen LogP contribution in [0.4, 0.5) is 0 Å². The van der Waals surface area contributed by atoms with Crippen molar-refractivity contribution in [3.05, 3.63) is 91.0 Å². The third-order valence-electron chi connectivity index (χ3n) is 5.21. The summed E-state index contributed by atoms with van der Waals surface area (Å²) >= 11 is 0. The van der Waals surface area contributed by atoms with Crippen molar-refractivity contribution in [1.82, 2.24) is 0 Å². The van der Waals surface area contributed by atoms with Crippen LogP contribution in [0.3, 0.4) is 0 Å². The van der Waals surface area contributed by atoms with Gasteiger partial charge in [-0.05, 0) is 49.2 Å². The SMILES string of the molecule is CCCC(=O)[C@H](CC)[P+](c1ccccc1)(c1ccccc1)c1ccccc1. The zero-order valence-electron chi connectivity index (χ0n) is 16.2. The molecule has 0 amide bonds. The Morgan fingerprint density at radius 3 is 1.37 bits per heavy atom. The minimum Gasteiger partial charge on any atom is -0.295 e. The van der Waals surface area contributed by atoms with Gasteiger partial charge in [0.05, 0.1) is 0 Å². The van der Waals surface area contributed by atoms with Crippen molar-refractivity contribution >= 4 is 29.0 Å². The average molecular weight is 375 g/mol. The van der Waals surface area contributed by atoms with E-state index in [9.17, 15) is 4.79 Å². The van der Waals surface area contributed by atoms with Gasteiger partial charge in [-0.15, -0.1) is 0 Å². The Balaban J connectivity index is 2.37. The quantitative estimate of drug-likeness (QED) is 0.499. The maximum absolute atomic E-state index is 13.4. The first kappa shape index (κ1) is 19.5. The molecule has 0 saturated heterocycles. The van der Waals surface area contributed by atoms with Gasteiger partial charge in [0.15, 0.2) is 5.78 Å². The Hall–Kier alpha value is -2.24. The molecule has 2 heteroatoms. The Morgan fingerprint density at radius 1 is 0.704 bits per heavy atom. The maximum atomic E-state index is 13.4. The van der Waals surface area contributed by atoms with Crippen molar-refractivity contribution in [2.75, 3.05) is 0 Å². The van der Waals surface area contributed by atoms with Gasteiger partial charge in [0.2, 0.25) is 0 Å². The summed E-state index contributed by atoms with van der Waals surface area (Å²) in [6.07, 6.45) is 2.39. The third kappa shape index (κ3) is 3.75. The average Bonchev–Trinajstić information content (AvgIpc) is 2.74. The van der Waals surface area contributed by atoms with E-state index in [0.29, 0.717) is 12.2 Å². The number of benzene rings is 3. The van der Waals surface area contributed by atoms with Crippen LogP contribution in [0.2, 0.25) is 0 Å². The number of hydrogen-bond donors (Lipinski definition) is 0. The summed E-state index contributed by atoms with van der Waals surface area (Å²) < 4.78 is 0. The zero-order chi connectivity index (χ0) is 19.1. The summed E-state index contributed by atoms with van der Waals surface area (Å²) in [4.78, 5) is 13.4. The highest BCUT2D eigenvalue weighted by molar-refractivity contribution is 7.96. The Bertz CT molecular complexity index is 747. The van der Waals surface area contributed by atoms with Crippen LogP contribution in [-0.4, -0.2) is 11.4 Å². The first-order valence-electron chi connectivity index (χ1n) is 9.83. The Morgan fingerprint density at radius 2 is 1.07 bits per heavy atom. The van der Waals surface area contributed by atoms with Gasteiger partial charge in [-0.1, -0.05) is 68.4 Å². The molecule has 0 N–H and O–H groups in total. The minimum absolute atomic E-state index is 0.00431. The molecule has 0 saturated carbocycles. The number of rotatable bonds is 8. The lowest BCUT2D eigenvalue weighted by Gasteiger charge is -2.33. The number of Topliss-reactive ketones (excluding diaryl/α,β-unsaturated/α-hetero) is 1. The highest BCUT2D eigenvalue weighted by Crippen LogP contribution is 2.61. The topological polar surface area (TPSA) is 17.1 Å². The highest BCUT2D eigenvalue weighted by atomic mass is 31.2. The molecular weight excluding hydrogens is 347 g/mol. The monoisotopic (exact) mass is 375 g/mol. The predicted molar refractivity (Wildman–Crippen MR) is 119 cm³/mol. The predicted octanol–water partition coefficient (Wildman–Crippen LogP) is 5.13. The fourth-order valence-electron chi connectivity index (χ4n) is 4.11. The molecule has 1 atom stereocenters. The third-order valence-corrected chi connectivity index (χ3v) is 10.1. The maximum Gasteiger partial charge on any atom is 0.174 e. The summed E-state index contributed by atoms with van der Waals surface area (Å²) in [6, 6.07) is 32.1. The molecular formula is C25H28OP+. The molecule has 0 aliphatic heterocycles. The summed E-state index contributed by atoms with van der Waals surface area (Å²) in [5.41, 5.74) is 0.00431. The molecule has 3 rings (SSSR count). The van der Waals surface area contributed by atoms with Gasteiger partial charge >= 0.3 is 0 Å². The Kier molecular flexibility index (Phi) is 6.58. The highest BCUT2D eigenvalue weighted by Gasteiger charge is 2.54. The molecule has 0 radical (unpaired) electrons. The summed E-state index contributed by atoms with van der Waals surface area (Å²) in [7, 11) is -2.10. The lowest BCUT2D eigenvalue weighted by molar-refractivity contribution is -0.118. The van der Waals surface area contributed by atoms with E-state index in [2.05, 4.69) is 105 Å². The van der Waals surface area contributed by atoms with Crippen LogP contribution in [0, 0.1) is 0 Å².